The van der Waals surface area contributed by atoms with E-state index in [4.69, 9.17) is 0 Å². The van der Waals surface area contributed by atoms with E-state index in [2.05, 4.69) is 36.4 Å². The first kappa shape index (κ1) is 19.3. The van der Waals surface area contributed by atoms with E-state index in [1.54, 1.807) is 17.0 Å². The second-order valence-electron chi connectivity index (χ2n) is 7.40. The Labute approximate surface area is 165 Å². The van der Waals surface area contributed by atoms with E-state index >= 15 is 0 Å². The van der Waals surface area contributed by atoms with Gasteiger partial charge < -0.3 is 0 Å². The molecule has 0 atom stereocenters. The van der Waals surface area contributed by atoms with Crippen LogP contribution in [-0.2, 0) is 5.41 Å². The number of aromatic nitrogens is 2. The van der Waals surface area contributed by atoms with Crippen molar-refractivity contribution in [2.24, 2.45) is 5.10 Å². The molecule has 28 heavy (non-hydrogen) atoms. The van der Waals surface area contributed by atoms with Crippen LogP contribution in [0, 0.1) is 0 Å². The molecule has 0 radical (unpaired) electrons. The summed E-state index contributed by atoms with van der Waals surface area (Å²) in [6.45, 7) is 6.21. The number of hydrazone groups is 1. The number of hydrogen-bond acceptors (Lipinski definition) is 3. The first-order valence-electron chi connectivity index (χ1n) is 9.16. The summed E-state index contributed by atoms with van der Waals surface area (Å²) in [4.78, 5) is 12.7. The fraction of sp³-hybridized carbons (Fsp3) is 0.174. The lowest BCUT2D eigenvalue weighted by molar-refractivity contribution is 0.0947. The Morgan fingerprint density at radius 1 is 1.04 bits per heavy atom. The van der Waals surface area contributed by atoms with Crippen LogP contribution in [0.5, 0.6) is 0 Å². The summed E-state index contributed by atoms with van der Waals surface area (Å²) in [5.74, 6) is -0.309. The number of rotatable bonds is 5. The first-order chi connectivity index (χ1) is 13.4. The molecule has 0 bridgehead atoms. The van der Waals surface area contributed by atoms with E-state index in [0.29, 0.717) is 5.69 Å². The number of nitrogens with zero attached hydrogens (tertiary/aromatic N) is 3. The van der Waals surface area contributed by atoms with Gasteiger partial charge in [0.1, 0.15) is 5.69 Å². The SMILES string of the molecule is CC(C)(C)c1cc(C(=O)NN=CC=Cc2ccccc2)n(-c2ccccc2)n1. The summed E-state index contributed by atoms with van der Waals surface area (Å²) < 4.78 is 1.66. The number of carbonyl (C=O) groups is 1. The van der Waals surface area contributed by atoms with Gasteiger partial charge in [-0.1, -0.05) is 75.4 Å². The zero-order valence-corrected chi connectivity index (χ0v) is 16.3. The Morgan fingerprint density at radius 2 is 1.68 bits per heavy atom. The maximum atomic E-state index is 12.7. The van der Waals surface area contributed by atoms with Gasteiger partial charge in [0.25, 0.3) is 5.91 Å². The lowest BCUT2D eigenvalue weighted by Crippen LogP contribution is -2.21. The van der Waals surface area contributed by atoms with Gasteiger partial charge in [0, 0.05) is 11.6 Å². The van der Waals surface area contributed by atoms with Crippen molar-refractivity contribution >= 4 is 18.2 Å². The molecule has 1 amide bonds. The number of carbonyl (C=O) groups excluding carboxylic acids is 1. The molecule has 0 spiro atoms. The smallest absolute Gasteiger partial charge is 0.266 e. The quantitative estimate of drug-likeness (QED) is 0.526. The third-order valence-electron chi connectivity index (χ3n) is 4.13. The molecule has 1 heterocycles. The minimum absolute atomic E-state index is 0.170. The number of nitrogens with one attached hydrogen (secondary N) is 1. The van der Waals surface area contributed by atoms with E-state index in [9.17, 15) is 4.79 Å². The number of hydrogen-bond donors (Lipinski definition) is 1. The maximum Gasteiger partial charge on any atom is 0.290 e. The van der Waals surface area contributed by atoms with E-state index in [-0.39, 0.29) is 11.3 Å². The van der Waals surface area contributed by atoms with E-state index in [1.807, 2.05) is 72.8 Å². The summed E-state index contributed by atoms with van der Waals surface area (Å²) >= 11 is 0. The molecule has 5 heteroatoms. The van der Waals surface area contributed by atoms with Crippen LogP contribution < -0.4 is 5.43 Å². The molecule has 3 rings (SSSR count). The van der Waals surface area contributed by atoms with Gasteiger partial charge in [-0.2, -0.15) is 10.2 Å². The average molecular weight is 372 g/mol. The fourth-order valence-electron chi connectivity index (χ4n) is 2.59. The predicted octanol–water partition coefficient (Wildman–Crippen LogP) is 4.60. The van der Waals surface area contributed by atoms with Crippen molar-refractivity contribution in [1.29, 1.82) is 0 Å². The topological polar surface area (TPSA) is 59.3 Å². The Hall–Kier alpha value is -3.47. The second-order valence-corrected chi connectivity index (χ2v) is 7.40. The molecule has 0 aliphatic carbocycles. The lowest BCUT2D eigenvalue weighted by Gasteiger charge is -2.14. The predicted molar refractivity (Wildman–Crippen MR) is 114 cm³/mol. The maximum absolute atomic E-state index is 12.7. The van der Waals surface area contributed by atoms with Crippen molar-refractivity contribution in [2.75, 3.05) is 0 Å². The van der Waals surface area contributed by atoms with Crippen molar-refractivity contribution in [3.63, 3.8) is 0 Å². The normalized spacial score (nSPS) is 12.0. The fourth-order valence-corrected chi connectivity index (χ4v) is 2.59. The number of amides is 1. The van der Waals surface area contributed by atoms with Crippen LogP contribution in [-0.4, -0.2) is 21.9 Å². The minimum Gasteiger partial charge on any atom is -0.266 e. The molecule has 1 aromatic heterocycles. The Kier molecular flexibility index (Phi) is 5.84. The molecule has 0 fully saturated rings. The first-order valence-corrected chi connectivity index (χ1v) is 9.16. The molecule has 0 saturated carbocycles. The molecular weight excluding hydrogens is 348 g/mol. The van der Waals surface area contributed by atoms with Crippen LogP contribution in [0.2, 0.25) is 0 Å². The molecule has 5 nitrogen and oxygen atoms in total. The van der Waals surface area contributed by atoms with Crippen LogP contribution >= 0.6 is 0 Å². The van der Waals surface area contributed by atoms with Crippen LogP contribution in [0.3, 0.4) is 0 Å². The standard InChI is InChI=1S/C23H24N4O/c1-23(2,3)21-17-20(27(26-21)19-14-8-5-9-15-19)22(28)25-24-16-10-13-18-11-6-4-7-12-18/h4-17H,1-3H3,(H,25,28). The van der Waals surface area contributed by atoms with Gasteiger partial charge in [-0.05, 0) is 29.8 Å². The monoisotopic (exact) mass is 372 g/mol. The number of allylic oxidation sites excluding steroid dienone is 1. The van der Waals surface area contributed by atoms with Gasteiger partial charge in [0.15, 0.2) is 0 Å². The van der Waals surface area contributed by atoms with Gasteiger partial charge in [-0.15, -0.1) is 0 Å². The summed E-state index contributed by atoms with van der Waals surface area (Å²) in [5, 5.41) is 8.66. The zero-order valence-electron chi connectivity index (χ0n) is 16.3. The highest BCUT2D eigenvalue weighted by Crippen LogP contribution is 2.23. The van der Waals surface area contributed by atoms with Crippen molar-refractivity contribution < 1.29 is 4.79 Å². The highest BCUT2D eigenvalue weighted by Gasteiger charge is 2.23. The van der Waals surface area contributed by atoms with Crippen molar-refractivity contribution in [1.82, 2.24) is 15.2 Å². The molecule has 0 aliphatic rings. The number of para-hydroxylation sites is 1. The van der Waals surface area contributed by atoms with E-state index in [1.165, 1.54) is 0 Å². The molecule has 1 N–H and O–H groups in total. The van der Waals surface area contributed by atoms with E-state index < -0.39 is 0 Å². The molecular formula is C23H24N4O. The molecule has 0 aliphatic heterocycles. The lowest BCUT2D eigenvalue weighted by atomic mass is 9.92. The third kappa shape index (κ3) is 4.82. The highest BCUT2D eigenvalue weighted by molar-refractivity contribution is 5.94. The Morgan fingerprint density at radius 3 is 2.32 bits per heavy atom. The molecule has 0 saturated heterocycles. The van der Waals surface area contributed by atoms with Gasteiger partial charge in [-0.25, -0.2) is 10.1 Å². The van der Waals surface area contributed by atoms with E-state index in [0.717, 1.165) is 16.9 Å². The zero-order chi connectivity index (χ0) is 20.0. The van der Waals surface area contributed by atoms with Gasteiger partial charge in [0.2, 0.25) is 0 Å². The molecule has 3 aromatic rings. The van der Waals surface area contributed by atoms with Gasteiger partial charge in [-0.3, -0.25) is 4.79 Å². The molecule has 2 aromatic carbocycles. The second kappa shape index (κ2) is 8.48. The third-order valence-corrected chi connectivity index (χ3v) is 4.13. The summed E-state index contributed by atoms with van der Waals surface area (Å²) in [6.07, 6.45) is 5.26. The van der Waals surface area contributed by atoms with Gasteiger partial charge in [0.05, 0.1) is 11.4 Å². The summed E-state index contributed by atoms with van der Waals surface area (Å²) in [5.41, 5.74) is 5.59. The van der Waals surface area contributed by atoms with Crippen LogP contribution in [0.15, 0.2) is 77.9 Å². The van der Waals surface area contributed by atoms with Crippen molar-refractivity contribution in [2.45, 2.75) is 26.2 Å². The largest absolute Gasteiger partial charge is 0.290 e. The highest BCUT2D eigenvalue weighted by atomic mass is 16.2. The van der Waals surface area contributed by atoms with Gasteiger partial charge >= 0.3 is 0 Å². The Balaban J connectivity index is 1.78. The van der Waals surface area contributed by atoms with Crippen LogP contribution in [0.1, 0.15) is 42.5 Å². The number of benzene rings is 2. The summed E-state index contributed by atoms with van der Waals surface area (Å²) in [6, 6.07) is 21.3. The molecule has 0 unspecified atom stereocenters. The Bertz CT molecular complexity index is 980. The van der Waals surface area contributed by atoms with Crippen molar-refractivity contribution in [3.8, 4) is 5.69 Å². The van der Waals surface area contributed by atoms with Crippen molar-refractivity contribution in [3.05, 3.63) is 89.8 Å². The molecule has 142 valence electrons. The minimum atomic E-state index is -0.309. The van der Waals surface area contributed by atoms with Crippen LogP contribution in [0.4, 0.5) is 0 Å². The average Bonchev–Trinajstić information content (AvgIpc) is 3.15. The summed E-state index contributed by atoms with van der Waals surface area (Å²) in [7, 11) is 0. The van der Waals surface area contributed by atoms with Crippen LogP contribution in [0.25, 0.3) is 11.8 Å².